The van der Waals surface area contributed by atoms with Crippen molar-refractivity contribution in [3.05, 3.63) is 59.7 Å². The van der Waals surface area contributed by atoms with E-state index in [0.717, 1.165) is 11.3 Å². The number of methoxy groups -OCH3 is 1. The monoisotopic (exact) mass is 255 g/mol. The highest BCUT2D eigenvalue weighted by atomic mass is 16.5. The predicted molar refractivity (Wildman–Crippen MR) is 76.5 cm³/mol. The van der Waals surface area contributed by atoms with Crippen molar-refractivity contribution < 1.29 is 9.53 Å². The number of nitrogens with two attached hydrogens (primary N) is 1. The standard InChI is InChI=1S/C16H17NO2/c1-19-15-4-2-3-12(11-15)5-10-16(18)13-6-8-14(17)9-7-13/h2-4,6-9,11H,5,10,17H2,1H3. The fourth-order valence-electron chi connectivity index (χ4n) is 1.90. The van der Waals surface area contributed by atoms with Crippen LogP contribution in [0.2, 0.25) is 0 Å². The first-order valence-electron chi connectivity index (χ1n) is 6.21. The highest BCUT2D eigenvalue weighted by molar-refractivity contribution is 5.96. The molecule has 3 nitrogen and oxygen atoms in total. The molecule has 0 fully saturated rings. The van der Waals surface area contributed by atoms with Crippen LogP contribution in [-0.2, 0) is 6.42 Å². The molecule has 0 aliphatic heterocycles. The summed E-state index contributed by atoms with van der Waals surface area (Å²) in [5.41, 5.74) is 8.08. The molecule has 0 saturated carbocycles. The van der Waals surface area contributed by atoms with Crippen LogP contribution in [0.5, 0.6) is 5.75 Å². The zero-order chi connectivity index (χ0) is 13.7. The Bertz CT molecular complexity index is 561. The molecule has 0 bridgehead atoms. The van der Waals surface area contributed by atoms with Crippen molar-refractivity contribution in [3.63, 3.8) is 0 Å². The first kappa shape index (κ1) is 13.1. The van der Waals surface area contributed by atoms with E-state index < -0.39 is 0 Å². The highest BCUT2D eigenvalue weighted by Gasteiger charge is 2.06. The molecular formula is C16H17NO2. The van der Waals surface area contributed by atoms with E-state index in [1.165, 1.54) is 0 Å². The Morgan fingerprint density at radius 2 is 1.89 bits per heavy atom. The smallest absolute Gasteiger partial charge is 0.163 e. The maximum atomic E-state index is 12.0. The summed E-state index contributed by atoms with van der Waals surface area (Å²) in [5.74, 6) is 0.945. The number of carbonyl (C=O) groups excluding carboxylic acids is 1. The lowest BCUT2D eigenvalue weighted by molar-refractivity contribution is 0.0983. The number of Topliss-reactive ketones (excluding diaryl/α,β-unsaturated/α-hetero) is 1. The van der Waals surface area contributed by atoms with Gasteiger partial charge in [0.25, 0.3) is 0 Å². The van der Waals surface area contributed by atoms with Gasteiger partial charge in [0, 0.05) is 17.7 Å². The van der Waals surface area contributed by atoms with E-state index in [1.807, 2.05) is 24.3 Å². The molecule has 0 aliphatic carbocycles. The minimum atomic E-state index is 0.128. The number of hydrogen-bond donors (Lipinski definition) is 1. The normalized spacial score (nSPS) is 10.2. The van der Waals surface area contributed by atoms with Gasteiger partial charge in [-0.3, -0.25) is 4.79 Å². The Balaban J connectivity index is 1.98. The van der Waals surface area contributed by atoms with Crippen LogP contribution in [0.3, 0.4) is 0 Å². The van der Waals surface area contributed by atoms with Crippen molar-refractivity contribution >= 4 is 11.5 Å². The summed E-state index contributed by atoms with van der Waals surface area (Å²) in [7, 11) is 1.64. The molecule has 19 heavy (non-hydrogen) atoms. The van der Waals surface area contributed by atoms with Crippen molar-refractivity contribution in [3.8, 4) is 5.75 Å². The molecule has 0 radical (unpaired) electrons. The van der Waals surface area contributed by atoms with Gasteiger partial charge in [0.1, 0.15) is 5.75 Å². The van der Waals surface area contributed by atoms with E-state index in [2.05, 4.69) is 0 Å². The minimum absolute atomic E-state index is 0.128. The van der Waals surface area contributed by atoms with Gasteiger partial charge in [-0.25, -0.2) is 0 Å². The number of aryl methyl sites for hydroxylation is 1. The molecule has 0 saturated heterocycles. The van der Waals surface area contributed by atoms with Gasteiger partial charge in [-0.1, -0.05) is 12.1 Å². The summed E-state index contributed by atoms with van der Waals surface area (Å²) < 4.78 is 5.16. The number of rotatable bonds is 5. The first-order chi connectivity index (χ1) is 9.19. The predicted octanol–water partition coefficient (Wildman–Crippen LogP) is 3.09. The average Bonchev–Trinajstić information content (AvgIpc) is 2.46. The Labute approximate surface area is 113 Å². The molecule has 0 amide bonds. The van der Waals surface area contributed by atoms with Crippen LogP contribution in [0, 0.1) is 0 Å². The van der Waals surface area contributed by atoms with Crippen LogP contribution >= 0.6 is 0 Å². The zero-order valence-electron chi connectivity index (χ0n) is 10.9. The Kier molecular flexibility index (Phi) is 4.18. The van der Waals surface area contributed by atoms with E-state index in [9.17, 15) is 4.79 Å². The van der Waals surface area contributed by atoms with Gasteiger partial charge in [-0.05, 0) is 48.4 Å². The molecule has 0 aromatic heterocycles. The number of carbonyl (C=O) groups is 1. The quantitative estimate of drug-likeness (QED) is 0.659. The third kappa shape index (κ3) is 3.58. The van der Waals surface area contributed by atoms with Crippen molar-refractivity contribution in [2.75, 3.05) is 12.8 Å². The van der Waals surface area contributed by atoms with E-state index in [4.69, 9.17) is 10.5 Å². The van der Waals surface area contributed by atoms with Crippen molar-refractivity contribution in [1.29, 1.82) is 0 Å². The van der Waals surface area contributed by atoms with Gasteiger partial charge in [-0.2, -0.15) is 0 Å². The maximum absolute atomic E-state index is 12.0. The summed E-state index contributed by atoms with van der Waals surface area (Å²) in [5, 5.41) is 0. The third-order valence-corrected chi connectivity index (χ3v) is 3.01. The lowest BCUT2D eigenvalue weighted by Gasteiger charge is -2.04. The number of benzene rings is 2. The van der Waals surface area contributed by atoms with Crippen LogP contribution in [0.1, 0.15) is 22.3 Å². The number of anilines is 1. The van der Waals surface area contributed by atoms with E-state index in [-0.39, 0.29) is 5.78 Å². The molecule has 98 valence electrons. The second-order valence-corrected chi connectivity index (χ2v) is 4.40. The molecule has 2 aromatic carbocycles. The first-order valence-corrected chi connectivity index (χ1v) is 6.21. The SMILES string of the molecule is COc1cccc(CCC(=O)c2ccc(N)cc2)c1. The van der Waals surface area contributed by atoms with Crippen LogP contribution in [0.25, 0.3) is 0 Å². The van der Waals surface area contributed by atoms with Crippen molar-refractivity contribution in [1.82, 2.24) is 0 Å². The summed E-state index contributed by atoms with van der Waals surface area (Å²) in [6.45, 7) is 0. The van der Waals surface area contributed by atoms with Gasteiger partial charge in [0.05, 0.1) is 7.11 Å². The molecule has 2 aromatic rings. The number of hydrogen-bond acceptors (Lipinski definition) is 3. The van der Waals surface area contributed by atoms with Gasteiger partial charge < -0.3 is 10.5 Å². The fraction of sp³-hybridized carbons (Fsp3) is 0.188. The Morgan fingerprint density at radius 1 is 1.16 bits per heavy atom. The van der Waals surface area contributed by atoms with Crippen molar-refractivity contribution in [2.24, 2.45) is 0 Å². The van der Waals surface area contributed by atoms with Gasteiger partial charge in [0.2, 0.25) is 0 Å². The molecule has 0 aliphatic rings. The second-order valence-electron chi connectivity index (χ2n) is 4.40. The lowest BCUT2D eigenvalue weighted by atomic mass is 10.0. The highest BCUT2D eigenvalue weighted by Crippen LogP contribution is 2.15. The maximum Gasteiger partial charge on any atom is 0.163 e. The zero-order valence-corrected chi connectivity index (χ0v) is 10.9. The Hall–Kier alpha value is -2.29. The van der Waals surface area contributed by atoms with Crippen molar-refractivity contribution in [2.45, 2.75) is 12.8 Å². The number of nitrogen functional groups attached to an aromatic ring is 1. The summed E-state index contributed by atoms with van der Waals surface area (Å²) in [6, 6.07) is 14.8. The number of ketones is 1. The minimum Gasteiger partial charge on any atom is -0.497 e. The largest absolute Gasteiger partial charge is 0.497 e. The molecule has 0 unspecified atom stereocenters. The van der Waals surface area contributed by atoms with E-state index >= 15 is 0 Å². The van der Waals surface area contributed by atoms with Crippen LogP contribution in [0.15, 0.2) is 48.5 Å². The van der Waals surface area contributed by atoms with E-state index in [1.54, 1.807) is 31.4 Å². The summed E-state index contributed by atoms with van der Waals surface area (Å²) in [6.07, 6.45) is 1.19. The lowest BCUT2D eigenvalue weighted by Crippen LogP contribution is -2.01. The summed E-state index contributed by atoms with van der Waals surface area (Å²) in [4.78, 5) is 12.0. The second kappa shape index (κ2) is 6.05. The number of ether oxygens (including phenoxy) is 1. The van der Waals surface area contributed by atoms with Gasteiger partial charge in [-0.15, -0.1) is 0 Å². The fourth-order valence-corrected chi connectivity index (χ4v) is 1.90. The van der Waals surface area contributed by atoms with Crippen LogP contribution < -0.4 is 10.5 Å². The van der Waals surface area contributed by atoms with Crippen LogP contribution in [-0.4, -0.2) is 12.9 Å². The molecule has 2 rings (SSSR count). The molecule has 0 heterocycles. The van der Waals surface area contributed by atoms with Gasteiger partial charge in [0.15, 0.2) is 5.78 Å². The molecule has 0 atom stereocenters. The van der Waals surface area contributed by atoms with E-state index in [0.29, 0.717) is 24.1 Å². The van der Waals surface area contributed by atoms with Gasteiger partial charge >= 0.3 is 0 Å². The topological polar surface area (TPSA) is 52.3 Å². The third-order valence-electron chi connectivity index (χ3n) is 3.01. The molecule has 3 heteroatoms. The average molecular weight is 255 g/mol. The summed E-state index contributed by atoms with van der Waals surface area (Å²) >= 11 is 0. The molecular weight excluding hydrogens is 238 g/mol. The molecule has 2 N–H and O–H groups in total. The Morgan fingerprint density at radius 3 is 2.58 bits per heavy atom. The van der Waals surface area contributed by atoms with Crippen LogP contribution in [0.4, 0.5) is 5.69 Å². The molecule has 0 spiro atoms.